The van der Waals surface area contributed by atoms with E-state index in [4.69, 9.17) is 5.11 Å². The van der Waals surface area contributed by atoms with Crippen LogP contribution in [0.4, 0.5) is 0 Å². The number of nitrogens with one attached hydrogen (secondary N) is 1. The van der Waals surface area contributed by atoms with E-state index in [0.29, 0.717) is 6.42 Å². The molecule has 1 saturated carbocycles. The molecule has 0 atom stereocenters. The molecular weight excluding hydrogens is 238 g/mol. The van der Waals surface area contributed by atoms with Crippen LogP contribution in [0.25, 0.3) is 0 Å². The number of rotatable bonds is 7. The third-order valence-electron chi connectivity index (χ3n) is 4.02. The lowest BCUT2D eigenvalue weighted by atomic mass is 10.0. The Kier molecular flexibility index (Phi) is 4.59. The van der Waals surface area contributed by atoms with E-state index in [-0.39, 0.29) is 17.9 Å². The number of hydrogen-bond donors (Lipinski definition) is 2. The highest BCUT2D eigenvalue weighted by Gasteiger charge is 2.41. The summed E-state index contributed by atoms with van der Waals surface area (Å²) >= 11 is 0. The maximum absolute atomic E-state index is 11.8. The summed E-state index contributed by atoms with van der Waals surface area (Å²) in [6.45, 7) is 3.01. The van der Waals surface area contributed by atoms with Crippen LogP contribution < -0.4 is 5.32 Å². The summed E-state index contributed by atoms with van der Waals surface area (Å²) in [5.74, 6) is 0.116. The first-order valence-electron chi connectivity index (χ1n) is 7.07. The summed E-state index contributed by atoms with van der Waals surface area (Å²) in [7, 11) is 0. The smallest absolute Gasteiger partial charge is 0.220 e. The molecule has 1 aliphatic rings. The van der Waals surface area contributed by atoms with Crippen LogP contribution in [0, 0.1) is 12.3 Å². The number of carbonyl (C=O) groups excluding carboxylic acids is 1. The molecule has 0 spiro atoms. The van der Waals surface area contributed by atoms with E-state index in [9.17, 15) is 4.79 Å². The van der Waals surface area contributed by atoms with Crippen LogP contribution in [0.1, 0.15) is 36.8 Å². The predicted octanol–water partition coefficient (Wildman–Crippen LogP) is 2.21. The molecule has 3 heteroatoms. The van der Waals surface area contributed by atoms with E-state index < -0.39 is 0 Å². The van der Waals surface area contributed by atoms with Gasteiger partial charge in [0, 0.05) is 19.6 Å². The fourth-order valence-electron chi connectivity index (χ4n) is 2.32. The Labute approximate surface area is 115 Å². The van der Waals surface area contributed by atoms with Crippen LogP contribution in [0.3, 0.4) is 0 Å². The lowest BCUT2D eigenvalue weighted by molar-refractivity contribution is -0.121. The second-order valence-electron chi connectivity index (χ2n) is 5.74. The molecule has 0 radical (unpaired) electrons. The molecule has 0 bridgehead atoms. The van der Waals surface area contributed by atoms with Crippen LogP contribution in [-0.4, -0.2) is 24.2 Å². The van der Waals surface area contributed by atoms with Crippen molar-refractivity contribution < 1.29 is 9.90 Å². The molecule has 2 N–H and O–H groups in total. The molecule has 0 heterocycles. The van der Waals surface area contributed by atoms with E-state index >= 15 is 0 Å². The van der Waals surface area contributed by atoms with Gasteiger partial charge in [-0.3, -0.25) is 4.79 Å². The molecule has 1 fully saturated rings. The number of carbonyl (C=O) groups is 1. The average molecular weight is 261 g/mol. The van der Waals surface area contributed by atoms with Crippen molar-refractivity contribution >= 4 is 5.91 Å². The topological polar surface area (TPSA) is 49.3 Å². The van der Waals surface area contributed by atoms with Gasteiger partial charge in [-0.25, -0.2) is 0 Å². The van der Waals surface area contributed by atoms with Crippen molar-refractivity contribution in [3.05, 3.63) is 35.4 Å². The van der Waals surface area contributed by atoms with E-state index in [1.54, 1.807) is 0 Å². The molecule has 1 aromatic rings. The minimum Gasteiger partial charge on any atom is -0.396 e. The second kappa shape index (κ2) is 6.20. The van der Waals surface area contributed by atoms with Gasteiger partial charge in [0.2, 0.25) is 5.91 Å². The number of aliphatic hydroxyl groups excluding tert-OH is 1. The number of hydrogen-bond acceptors (Lipinski definition) is 2. The number of aliphatic hydroxyl groups is 1. The highest BCUT2D eigenvalue weighted by atomic mass is 16.3. The largest absolute Gasteiger partial charge is 0.396 e. The molecule has 1 aromatic carbocycles. The summed E-state index contributed by atoms with van der Waals surface area (Å²) < 4.78 is 0. The van der Waals surface area contributed by atoms with Gasteiger partial charge in [-0.1, -0.05) is 29.8 Å². The Morgan fingerprint density at radius 2 is 2.00 bits per heavy atom. The Morgan fingerprint density at radius 3 is 2.58 bits per heavy atom. The van der Waals surface area contributed by atoms with Gasteiger partial charge in [0.05, 0.1) is 0 Å². The van der Waals surface area contributed by atoms with Crippen LogP contribution in [-0.2, 0) is 11.2 Å². The van der Waals surface area contributed by atoms with Crippen molar-refractivity contribution in [2.45, 2.75) is 39.0 Å². The normalized spacial score (nSPS) is 16.1. The van der Waals surface area contributed by atoms with Gasteiger partial charge in [0.25, 0.3) is 0 Å². The van der Waals surface area contributed by atoms with Crippen LogP contribution in [0.2, 0.25) is 0 Å². The lowest BCUT2D eigenvalue weighted by Crippen LogP contribution is -2.30. The van der Waals surface area contributed by atoms with E-state index in [2.05, 4.69) is 36.5 Å². The van der Waals surface area contributed by atoms with Crippen LogP contribution in [0.15, 0.2) is 24.3 Å². The molecule has 104 valence electrons. The van der Waals surface area contributed by atoms with E-state index in [0.717, 1.165) is 32.2 Å². The number of benzene rings is 1. The van der Waals surface area contributed by atoms with Gasteiger partial charge in [-0.05, 0) is 43.6 Å². The molecule has 3 nitrogen and oxygen atoms in total. The van der Waals surface area contributed by atoms with Crippen molar-refractivity contribution in [1.29, 1.82) is 0 Å². The minimum atomic E-state index is 0.116. The molecule has 19 heavy (non-hydrogen) atoms. The zero-order valence-corrected chi connectivity index (χ0v) is 11.6. The lowest BCUT2D eigenvalue weighted by Gasteiger charge is -2.14. The van der Waals surface area contributed by atoms with Crippen LogP contribution in [0.5, 0.6) is 0 Å². The second-order valence-corrected chi connectivity index (χ2v) is 5.74. The molecule has 0 unspecified atom stereocenters. The fraction of sp³-hybridized carbons (Fsp3) is 0.562. The minimum absolute atomic E-state index is 0.116. The number of amides is 1. The third kappa shape index (κ3) is 4.35. The van der Waals surface area contributed by atoms with E-state index in [1.165, 1.54) is 11.1 Å². The quantitative estimate of drug-likeness (QED) is 0.790. The van der Waals surface area contributed by atoms with Gasteiger partial charge < -0.3 is 10.4 Å². The first-order chi connectivity index (χ1) is 9.13. The van der Waals surface area contributed by atoms with Gasteiger partial charge in [0.1, 0.15) is 0 Å². The first-order valence-corrected chi connectivity index (χ1v) is 7.07. The Morgan fingerprint density at radius 1 is 1.32 bits per heavy atom. The Balaban J connectivity index is 1.69. The summed E-state index contributed by atoms with van der Waals surface area (Å²) in [4.78, 5) is 11.8. The monoisotopic (exact) mass is 261 g/mol. The summed E-state index contributed by atoms with van der Waals surface area (Å²) in [6.07, 6.45) is 4.40. The van der Waals surface area contributed by atoms with Crippen LogP contribution >= 0.6 is 0 Å². The summed E-state index contributed by atoms with van der Waals surface area (Å²) in [5, 5.41) is 12.0. The summed E-state index contributed by atoms with van der Waals surface area (Å²) in [5.41, 5.74) is 2.65. The molecule has 2 rings (SSSR count). The molecule has 0 aliphatic heterocycles. The van der Waals surface area contributed by atoms with Gasteiger partial charge in [-0.2, -0.15) is 0 Å². The van der Waals surface area contributed by atoms with Gasteiger partial charge in [0.15, 0.2) is 0 Å². The van der Waals surface area contributed by atoms with E-state index in [1.807, 2.05) is 0 Å². The van der Waals surface area contributed by atoms with Crippen molar-refractivity contribution in [1.82, 2.24) is 5.32 Å². The van der Waals surface area contributed by atoms with Crippen molar-refractivity contribution in [2.75, 3.05) is 13.2 Å². The SMILES string of the molecule is Cc1ccc(CCC(=O)NCC2(CCO)CC2)cc1. The first kappa shape index (κ1) is 14.1. The maximum Gasteiger partial charge on any atom is 0.220 e. The molecular formula is C16H23NO2. The van der Waals surface area contributed by atoms with Crippen molar-refractivity contribution in [3.63, 3.8) is 0 Å². The highest BCUT2D eigenvalue weighted by Crippen LogP contribution is 2.47. The molecule has 0 saturated heterocycles. The van der Waals surface area contributed by atoms with Gasteiger partial charge >= 0.3 is 0 Å². The fourth-order valence-corrected chi connectivity index (χ4v) is 2.32. The highest BCUT2D eigenvalue weighted by molar-refractivity contribution is 5.76. The Hall–Kier alpha value is -1.35. The maximum atomic E-state index is 11.8. The predicted molar refractivity (Wildman–Crippen MR) is 75.9 cm³/mol. The molecule has 1 aliphatic carbocycles. The van der Waals surface area contributed by atoms with Crippen molar-refractivity contribution in [3.8, 4) is 0 Å². The average Bonchev–Trinajstić information content (AvgIpc) is 3.17. The van der Waals surface area contributed by atoms with Crippen molar-refractivity contribution in [2.24, 2.45) is 5.41 Å². The zero-order chi connectivity index (χ0) is 13.7. The molecule has 1 amide bonds. The third-order valence-corrected chi connectivity index (χ3v) is 4.02. The van der Waals surface area contributed by atoms with Gasteiger partial charge in [-0.15, -0.1) is 0 Å². The summed E-state index contributed by atoms with van der Waals surface area (Å²) in [6, 6.07) is 8.31. The standard InChI is InChI=1S/C16H23NO2/c1-13-2-4-14(5-3-13)6-7-15(19)17-12-16(8-9-16)10-11-18/h2-5,18H,6-12H2,1H3,(H,17,19). The Bertz CT molecular complexity index is 421. The zero-order valence-electron chi connectivity index (χ0n) is 11.6. The number of aryl methyl sites for hydroxylation is 2. The molecule has 0 aromatic heterocycles.